The molecule has 10 nitrogen and oxygen atoms in total. The van der Waals surface area contributed by atoms with Crippen LogP contribution in [0.3, 0.4) is 0 Å². The van der Waals surface area contributed by atoms with Gasteiger partial charge in [-0.25, -0.2) is 10.4 Å². The summed E-state index contributed by atoms with van der Waals surface area (Å²) >= 11 is 0. The molecule has 0 atom stereocenters. The molecule has 2 aliphatic rings. The van der Waals surface area contributed by atoms with Crippen molar-refractivity contribution in [3.8, 4) is 0 Å². The Labute approximate surface area is 132 Å². The van der Waals surface area contributed by atoms with Crippen molar-refractivity contribution in [1.82, 2.24) is 30.3 Å². The largest absolute Gasteiger partial charge is 0.375 e. The Morgan fingerprint density at radius 1 is 1.35 bits per heavy atom. The molecule has 2 aromatic rings. The lowest BCUT2D eigenvalue weighted by Crippen LogP contribution is -2.36. The van der Waals surface area contributed by atoms with Crippen LogP contribution in [0.15, 0.2) is 10.7 Å². The molecule has 0 unspecified atom stereocenters. The fourth-order valence-corrected chi connectivity index (χ4v) is 2.80. The summed E-state index contributed by atoms with van der Waals surface area (Å²) in [7, 11) is 0. The summed E-state index contributed by atoms with van der Waals surface area (Å²) < 4.78 is 1.57. The van der Waals surface area contributed by atoms with Crippen molar-refractivity contribution in [1.29, 1.82) is 0 Å². The molecule has 0 aromatic carbocycles. The molecule has 0 fully saturated rings. The minimum absolute atomic E-state index is 0.292. The van der Waals surface area contributed by atoms with Crippen molar-refractivity contribution in [2.24, 2.45) is 10.7 Å². The van der Waals surface area contributed by atoms with Gasteiger partial charge in [-0.2, -0.15) is 9.50 Å². The summed E-state index contributed by atoms with van der Waals surface area (Å²) in [5, 5.41) is 9.63. The predicted octanol–water partition coefficient (Wildman–Crippen LogP) is -1.15. The van der Waals surface area contributed by atoms with E-state index in [0.29, 0.717) is 43.6 Å². The number of aliphatic imine (C=N–C) groups is 1. The molecule has 23 heavy (non-hydrogen) atoms. The number of nitrogen functional groups attached to an aromatic ring is 1. The van der Waals surface area contributed by atoms with Crippen LogP contribution in [0.1, 0.15) is 18.3 Å². The Morgan fingerprint density at radius 3 is 3.00 bits per heavy atom. The van der Waals surface area contributed by atoms with E-state index in [2.05, 4.69) is 30.8 Å². The lowest BCUT2D eigenvalue weighted by Gasteiger charge is -2.16. The lowest BCUT2D eigenvalue weighted by molar-refractivity contribution is 0.666. The standard InChI is InChI=1S/C13H18N10/c1-7-9(17-4-3-16-7)10-19-12-8-6-18-22(5-2-14)11(8)20-13(15)23(12)21-10/h3,17-18H,2,4-6,14H2,1H3,(H2,15,20). The van der Waals surface area contributed by atoms with Crippen molar-refractivity contribution in [3.05, 3.63) is 17.1 Å². The molecule has 6 N–H and O–H groups in total. The molecule has 2 aliphatic heterocycles. The van der Waals surface area contributed by atoms with E-state index < -0.39 is 0 Å². The smallest absolute Gasteiger partial charge is 0.225 e. The molecular weight excluding hydrogens is 296 g/mol. The predicted molar refractivity (Wildman–Crippen MR) is 87.5 cm³/mol. The molecule has 120 valence electrons. The van der Waals surface area contributed by atoms with Crippen LogP contribution < -0.4 is 27.2 Å². The number of aromatic nitrogens is 4. The number of nitrogens with two attached hydrogens (primary N) is 2. The number of allylic oxidation sites excluding steroid dienone is 1. The first-order chi connectivity index (χ1) is 11.2. The summed E-state index contributed by atoms with van der Waals surface area (Å²) in [6, 6.07) is 0. The zero-order valence-corrected chi connectivity index (χ0v) is 12.7. The highest BCUT2D eigenvalue weighted by Crippen LogP contribution is 2.28. The van der Waals surface area contributed by atoms with Crippen LogP contribution in [0.4, 0.5) is 11.8 Å². The van der Waals surface area contributed by atoms with Crippen LogP contribution in [-0.4, -0.2) is 45.4 Å². The Hall–Kier alpha value is -2.72. The molecule has 0 spiro atoms. The number of hydrogen-bond donors (Lipinski definition) is 4. The quantitative estimate of drug-likeness (QED) is 0.558. The number of fused-ring (bicyclic) bond motifs is 3. The van der Waals surface area contributed by atoms with Crippen LogP contribution in [0, 0.1) is 0 Å². The van der Waals surface area contributed by atoms with Crippen LogP contribution in [0.25, 0.3) is 11.3 Å². The maximum Gasteiger partial charge on any atom is 0.225 e. The van der Waals surface area contributed by atoms with Gasteiger partial charge in [-0.3, -0.25) is 10.0 Å². The van der Waals surface area contributed by atoms with Gasteiger partial charge in [0.05, 0.1) is 17.8 Å². The SMILES string of the molecule is CC1=C(c2nc3c4c(nc(N)n3n2)N(CCN)NC4)NCC=N1. The third kappa shape index (κ3) is 2.11. The van der Waals surface area contributed by atoms with Crippen molar-refractivity contribution < 1.29 is 0 Å². The molecule has 4 rings (SSSR count). The van der Waals surface area contributed by atoms with Gasteiger partial charge in [0.1, 0.15) is 5.70 Å². The zero-order valence-electron chi connectivity index (χ0n) is 12.7. The first-order valence-corrected chi connectivity index (χ1v) is 7.43. The van der Waals surface area contributed by atoms with Gasteiger partial charge < -0.3 is 16.8 Å². The van der Waals surface area contributed by atoms with Crippen molar-refractivity contribution >= 4 is 29.3 Å². The molecule has 10 heteroatoms. The zero-order chi connectivity index (χ0) is 16.0. The molecule has 4 heterocycles. The fraction of sp³-hybridized carbons (Fsp3) is 0.385. The first-order valence-electron chi connectivity index (χ1n) is 7.43. The highest BCUT2D eigenvalue weighted by molar-refractivity contribution is 5.75. The Balaban J connectivity index is 1.87. The molecule has 0 aliphatic carbocycles. The number of rotatable bonds is 3. The molecule has 2 aromatic heterocycles. The van der Waals surface area contributed by atoms with Crippen LogP contribution in [-0.2, 0) is 6.54 Å². The summed E-state index contributed by atoms with van der Waals surface area (Å²) in [4.78, 5) is 13.4. The fourth-order valence-electron chi connectivity index (χ4n) is 2.80. The van der Waals surface area contributed by atoms with Crippen LogP contribution in [0.2, 0.25) is 0 Å². The third-order valence-electron chi connectivity index (χ3n) is 3.88. The van der Waals surface area contributed by atoms with Gasteiger partial charge in [0, 0.05) is 25.8 Å². The average Bonchev–Trinajstić information content (AvgIpc) is 3.13. The van der Waals surface area contributed by atoms with E-state index in [1.165, 1.54) is 0 Å². The summed E-state index contributed by atoms with van der Waals surface area (Å²) in [5.41, 5.74) is 18.3. The Kier molecular flexibility index (Phi) is 3.13. The normalized spacial score (nSPS) is 17.0. The summed E-state index contributed by atoms with van der Waals surface area (Å²) in [5.74, 6) is 1.62. The number of hydrogen-bond acceptors (Lipinski definition) is 9. The van der Waals surface area contributed by atoms with Gasteiger partial charge in [0.15, 0.2) is 17.3 Å². The lowest BCUT2D eigenvalue weighted by atomic mass is 10.3. The topological polar surface area (TPSA) is 135 Å². The van der Waals surface area contributed by atoms with Crippen LogP contribution in [0.5, 0.6) is 0 Å². The van der Waals surface area contributed by atoms with E-state index in [1.807, 2.05) is 18.1 Å². The van der Waals surface area contributed by atoms with Crippen molar-refractivity contribution in [3.63, 3.8) is 0 Å². The summed E-state index contributed by atoms with van der Waals surface area (Å²) in [6.45, 7) is 4.36. The number of nitrogens with zero attached hydrogens (tertiary/aromatic N) is 6. The third-order valence-corrected chi connectivity index (χ3v) is 3.88. The van der Waals surface area contributed by atoms with Crippen molar-refractivity contribution in [2.75, 3.05) is 30.4 Å². The second-order valence-corrected chi connectivity index (χ2v) is 5.37. The van der Waals surface area contributed by atoms with Gasteiger partial charge in [-0.1, -0.05) is 0 Å². The minimum Gasteiger partial charge on any atom is -0.375 e. The van der Waals surface area contributed by atoms with Gasteiger partial charge in [-0.15, -0.1) is 5.10 Å². The molecule has 0 radical (unpaired) electrons. The van der Waals surface area contributed by atoms with Crippen LogP contribution >= 0.6 is 0 Å². The monoisotopic (exact) mass is 314 g/mol. The Bertz CT molecular complexity index is 833. The van der Waals surface area contributed by atoms with Gasteiger partial charge in [0.2, 0.25) is 5.95 Å². The first kappa shape index (κ1) is 13.9. The molecule has 0 bridgehead atoms. The number of hydrazine groups is 1. The van der Waals surface area contributed by atoms with Gasteiger partial charge >= 0.3 is 0 Å². The minimum atomic E-state index is 0.292. The van der Waals surface area contributed by atoms with Crippen molar-refractivity contribution in [2.45, 2.75) is 13.5 Å². The maximum atomic E-state index is 6.06. The molecule has 0 saturated heterocycles. The van der Waals surface area contributed by atoms with E-state index >= 15 is 0 Å². The summed E-state index contributed by atoms with van der Waals surface area (Å²) in [6.07, 6.45) is 1.82. The van der Waals surface area contributed by atoms with E-state index in [4.69, 9.17) is 11.5 Å². The molecule has 0 amide bonds. The second kappa shape index (κ2) is 5.18. The highest BCUT2D eigenvalue weighted by atomic mass is 15.6. The molecule has 0 saturated carbocycles. The van der Waals surface area contributed by atoms with Gasteiger partial charge in [0.25, 0.3) is 0 Å². The average molecular weight is 314 g/mol. The number of nitrogens with one attached hydrogen (secondary N) is 2. The Morgan fingerprint density at radius 2 is 2.22 bits per heavy atom. The maximum absolute atomic E-state index is 6.06. The van der Waals surface area contributed by atoms with E-state index in [0.717, 1.165) is 22.8 Å². The highest BCUT2D eigenvalue weighted by Gasteiger charge is 2.27. The van der Waals surface area contributed by atoms with Gasteiger partial charge in [-0.05, 0) is 6.92 Å². The molecular formula is C13H18N10. The van der Waals surface area contributed by atoms with E-state index in [1.54, 1.807) is 4.52 Å². The number of anilines is 2. The van der Waals surface area contributed by atoms with E-state index in [9.17, 15) is 0 Å². The second-order valence-electron chi connectivity index (χ2n) is 5.37. The van der Waals surface area contributed by atoms with E-state index in [-0.39, 0.29) is 0 Å².